The first kappa shape index (κ1) is 17.8. The Balaban J connectivity index is 1.55. The number of anilines is 2. The lowest BCUT2D eigenvalue weighted by Crippen LogP contribution is -2.26. The number of rotatable bonds is 3. The summed E-state index contributed by atoms with van der Waals surface area (Å²) in [5.74, 6) is 0.679. The minimum Gasteiger partial charge on any atom is -0.443 e. The molecular weight excluding hydrogens is 356 g/mol. The van der Waals surface area contributed by atoms with Crippen molar-refractivity contribution in [1.82, 2.24) is 14.5 Å². The van der Waals surface area contributed by atoms with Crippen LogP contribution in [-0.2, 0) is 4.74 Å². The maximum Gasteiger partial charge on any atom is 0.420 e. The third kappa shape index (κ3) is 3.73. The predicted octanol–water partition coefficient (Wildman–Crippen LogP) is 5.22. The number of carbonyl (C=O) groups is 1. The van der Waals surface area contributed by atoms with Crippen LogP contribution in [-0.4, -0.2) is 26.2 Å². The van der Waals surface area contributed by atoms with Crippen LogP contribution < -0.4 is 5.32 Å². The smallest absolute Gasteiger partial charge is 0.420 e. The van der Waals surface area contributed by atoms with E-state index >= 15 is 0 Å². The van der Waals surface area contributed by atoms with Gasteiger partial charge in [-0.1, -0.05) is 30.3 Å². The molecule has 0 aliphatic rings. The Hall–Kier alpha value is -3.61. The Morgan fingerprint density at radius 1 is 1.11 bits per heavy atom. The first-order valence-corrected chi connectivity index (χ1v) is 8.88. The van der Waals surface area contributed by atoms with E-state index in [0.717, 1.165) is 11.3 Å². The minimum atomic E-state index is -0.573. The Bertz CT molecular complexity index is 1120. The van der Waals surface area contributed by atoms with Crippen LogP contribution in [0.3, 0.4) is 0 Å². The SMILES string of the molecule is CC(C)(C)OC(=O)n1cnc2cc(Nc3ncc(-c4ccccc4)o3)ccc21. The van der Waals surface area contributed by atoms with Crippen molar-refractivity contribution in [3.8, 4) is 11.3 Å². The Labute approximate surface area is 162 Å². The lowest BCUT2D eigenvalue weighted by molar-refractivity contribution is 0.0543. The summed E-state index contributed by atoms with van der Waals surface area (Å²) in [6.45, 7) is 5.48. The molecular formula is C21H20N4O3. The second kappa shape index (κ2) is 6.84. The molecule has 0 aliphatic carbocycles. The largest absolute Gasteiger partial charge is 0.443 e. The van der Waals surface area contributed by atoms with E-state index in [4.69, 9.17) is 9.15 Å². The second-order valence-corrected chi connectivity index (χ2v) is 7.32. The average molecular weight is 376 g/mol. The van der Waals surface area contributed by atoms with Crippen LogP contribution in [0.15, 0.2) is 65.5 Å². The van der Waals surface area contributed by atoms with Crippen molar-refractivity contribution in [1.29, 1.82) is 0 Å². The first-order valence-electron chi connectivity index (χ1n) is 8.88. The molecule has 142 valence electrons. The molecule has 7 nitrogen and oxygen atoms in total. The fraction of sp³-hybridized carbons (Fsp3) is 0.190. The summed E-state index contributed by atoms with van der Waals surface area (Å²) < 4.78 is 12.6. The van der Waals surface area contributed by atoms with Crippen molar-refractivity contribution in [2.75, 3.05) is 5.32 Å². The van der Waals surface area contributed by atoms with Crippen LogP contribution in [0.4, 0.5) is 16.5 Å². The number of hydrogen-bond acceptors (Lipinski definition) is 6. The highest BCUT2D eigenvalue weighted by Gasteiger charge is 2.19. The van der Waals surface area contributed by atoms with Gasteiger partial charge in [-0.2, -0.15) is 0 Å². The van der Waals surface area contributed by atoms with Crippen LogP contribution in [0, 0.1) is 0 Å². The maximum absolute atomic E-state index is 12.3. The van der Waals surface area contributed by atoms with Gasteiger partial charge in [0.25, 0.3) is 6.01 Å². The van der Waals surface area contributed by atoms with E-state index in [1.807, 2.05) is 63.2 Å². The molecule has 0 unspecified atom stereocenters. The molecule has 7 heteroatoms. The highest BCUT2D eigenvalue weighted by Crippen LogP contribution is 2.26. The molecule has 0 bridgehead atoms. The molecule has 4 rings (SSSR count). The number of fused-ring (bicyclic) bond motifs is 1. The molecule has 2 heterocycles. The van der Waals surface area contributed by atoms with Gasteiger partial charge in [-0.25, -0.2) is 19.3 Å². The molecule has 2 aromatic heterocycles. The van der Waals surface area contributed by atoms with E-state index in [0.29, 0.717) is 22.8 Å². The number of aromatic nitrogens is 3. The van der Waals surface area contributed by atoms with E-state index in [1.54, 1.807) is 12.3 Å². The third-order valence-corrected chi connectivity index (χ3v) is 3.95. The van der Waals surface area contributed by atoms with Gasteiger partial charge in [0.2, 0.25) is 0 Å². The summed E-state index contributed by atoms with van der Waals surface area (Å²) in [5, 5.41) is 3.12. The fourth-order valence-corrected chi connectivity index (χ4v) is 2.74. The number of hydrogen-bond donors (Lipinski definition) is 1. The van der Waals surface area contributed by atoms with Crippen LogP contribution in [0.25, 0.3) is 22.4 Å². The number of nitrogens with one attached hydrogen (secondary N) is 1. The van der Waals surface area contributed by atoms with Gasteiger partial charge in [-0.05, 0) is 39.0 Å². The van der Waals surface area contributed by atoms with Crippen molar-refractivity contribution in [3.05, 3.63) is 61.1 Å². The molecule has 28 heavy (non-hydrogen) atoms. The Morgan fingerprint density at radius 3 is 2.64 bits per heavy atom. The summed E-state index contributed by atoms with van der Waals surface area (Å²) in [4.78, 5) is 20.9. The van der Waals surface area contributed by atoms with Crippen LogP contribution >= 0.6 is 0 Å². The number of ether oxygens (including phenoxy) is 1. The highest BCUT2D eigenvalue weighted by molar-refractivity contribution is 5.88. The number of benzene rings is 2. The van der Waals surface area contributed by atoms with Gasteiger partial charge in [-0.3, -0.25) is 0 Å². The summed E-state index contributed by atoms with van der Waals surface area (Å²) in [7, 11) is 0. The molecule has 0 fully saturated rings. The molecule has 0 spiro atoms. The third-order valence-electron chi connectivity index (χ3n) is 3.95. The van der Waals surface area contributed by atoms with Gasteiger partial charge in [0.1, 0.15) is 11.9 Å². The van der Waals surface area contributed by atoms with E-state index in [9.17, 15) is 4.79 Å². The van der Waals surface area contributed by atoms with Gasteiger partial charge >= 0.3 is 6.09 Å². The van der Waals surface area contributed by atoms with Crippen LogP contribution in [0.1, 0.15) is 20.8 Å². The molecule has 0 saturated carbocycles. The van der Waals surface area contributed by atoms with Crippen molar-refractivity contribution in [2.45, 2.75) is 26.4 Å². The summed E-state index contributed by atoms with van der Waals surface area (Å²) >= 11 is 0. The summed E-state index contributed by atoms with van der Waals surface area (Å²) in [5.41, 5.74) is 2.46. The van der Waals surface area contributed by atoms with Crippen molar-refractivity contribution >= 4 is 28.8 Å². The van der Waals surface area contributed by atoms with Gasteiger partial charge < -0.3 is 14.5 Å². The molecule has 0 amide bonds. The van der Waals surface area contributed by atoms with Gasteiger partial charge in [-0.15, -0.1) is 0 Å². The zero-order valence-electron chi connectivity index (χ0n) is 15.8. The first-order chi connectivity index (χ1) is 13.4. The second-order valence-electron chi connectivity index (χ2n) is 7.32. The van der Waals surface area contributed by atoms with E-state index in [-0.39, 0.29) is 0 Å². The normalized spacial score (nSPS) is 11.5. The monoisotopic (exact) mass is 376 g/mol. The topological polar surface area (TPSA) is 82.2 Å². The molecule has 0 atom stereocenters. The minimum absolute atomic E-state index is 0.379. The fourth-order valence-electron chi connectivity index (χ4n) is 2.74. The van der Waals surface area contributed by atoms with E-state index in [2.05, 4.69) is 15.3 Å². The summed E-state index contributed by atoms with van der Waals surface area (Å²) in [6.07, 6.45) is 2.67. The number of imidazole rings is 1. The van der Waals surface area contributed by atoms with Gasteiger partial charge in [0.05, 0.1) is 17.2 Å². The van der Waals surface area contributed by atoms with Crippen molar-refractivity contribution in [2.24, 2.45) is 0 Å². The molecule has 0 radical (unpaired) electrons. The zero-order valence-corrected chi connectivity index (χ0v) is 15.8. The number of nitrogens with zero attached hydrogens (tertiary/aromatic N) is 3. The maximum atomic E-state index is 12.3. The summed E-state index contributed by atoms with van der Waals surface area (Å²) in [6, 6.07) is 15.6. The van der Waals surface area contributed by atoms with Crippen molar-refractivity contribution < 1.29 is 13.9 Å². The van der Waals surface area contributed by atoms with Crippen molar-refractivity contribution in [3.63, 3.8) is 0 Å². The van der Waals surface area contributed by atoms with Crippen LogP contribution in [0.5, 0.6) is 0 Å². The van der Waals surface area contributed by atoms with Gasteiger partial charge in [0, 0.05) is 11.3 Å². The molecule has 2 aromatic carbocycles. The lowest BCUT2D eigenvalue weighted by atomic mass is 10.2. The standard InChI is InChI=1S/C21H20N4O3/c1-21(2,3)28-20(26)25-13-23-16-11-15(9-10-17(16)25)24-19-22-12-18(27-19)14-7-5-4-6-8-14/h4-13H,1-3H3,(H,22,24). The number of carbonyl (C=O) groups excluding carboxylic acids is 1. The van der Waals surface area contributed by atoms with Crippen LogP contribution in [0.2, 0.25) is 0 Å². The zero-order chi connectivity index (χ0) is 19.7. The lowest BCUT2D eigenvalue weighted by Gasteiger charge is -2.19. The van der Waals surface area contributed by atoms with Gasteiger partial charge in [0.15, 0.2) is 5.76 Å². The quantitative estimate of drug-likeness (QED) is 0.528. The number of oxazole rings is 1. The van der Waals surface area contributed by atoms with E-state index < -0.39 is 11.7 Å². The molecule has 1 N–H and O–H groups in total. The predicted molar refractivity (Wildman–Crippen MR) is 107 cm³/mol. The Morgan fingerprint density at radius 2 is 1.89 bits per heavy atom. The van der Waals surface area contributed by atoms with E-state index in [1.165, 1.54) is 10.9 Å². The molecule has 0 saturated heterocycles. The molecule has 0 aliphatic heterocycles. The molecule has 4 aromatic rings. The highest BCUT2D eigenvalue weighted by atomic mass is 16.6. The Kier molecular flexibility index (Phi) is 4.35. The average Bonchev–Trinajstić information content (AvgIpc) is 3.28.